The van der Waals surface area contributed by atoms with E-state index in [4.69, 9.17) is 18.9 Å². The van der Waals surface area contributed by atoms with Crippen LogP contribution in [0.15, 0.2) is 11.6 Å². The molecule has 8 N–H and O–H groups in total. The molecule has 0 aromatic heterocycles. The van der Waals surface area contributed by atoms with E-state index in [9.17, 15) is 45.6 Å². The first-order valence-electron chi connectivity index (χ1n) is 20.4. The number of hydrogen-bond donors (Lipinski definition) is 8. The summed E-state index contributed by atoms with van der Waals surface area (Å²) in [6.45, 7) is 12.9. The molecule has 2 saturated heterocycles. The van der Waals surface area contributed by atoms with Gasteiger partial charge >= 0.3 is 5.97 Å². The third-order valence-corrected chi connectivity index (χ3v) is 17.0. The van der Waals surface area contributed by atoms with Crippen molar-refractivity contribution in [1.82, 2.24) is 0 Å². The molecular weight excluding hydrogens is 700 g/mol. The van der Waals surface area contributed by atoms with E-state index in [1.165, 1.54) is 5.57 Å². The third-order valence-electron chi connectivity index (χ3n) is 17.0. The lowest BCUT2D eigenvalue weighted by molar-refractivity contribution is -0.352. The molecule has 54 heavy (non-hydrogen) atoms. The number of ether oxygens (including phenoxy) is 4. The van der Waals surface area contributed by atoms with Gasteiger partial charge in [-0.1, -0.05) is 53.2 Å². The highest BCUT2D eigenvalue weighted by Crippen LogP contribution is 2.76. The van der Waals surface area contributed by atoms with Crippen LogP contribution < -0.4 is 0 Å². The van der Waals surface area contributed by atoms with Crippen molar-refractivity contribution in [2.45, 2.75) is 167 Å². The molecule has 0 bridgehead atoms. The second-order valence-electron chi connectivity index (χ2n) is 20.1. The van der Waals surface area contributed by atoms with Crippen LogP contribution in [0.4, 0.5) is 0 Å². The highest BCUT2D eigenvalue weighted by molar-refractivity contribution is 5.76. The van der Waals surface area contributed by atoms with Crippen molar-refractivity contribution < 1.29 is 64.6 Å². The van der Waals surface area contributed by atoms with Crippen LogP contribution >= 0.6 is 0 Å². The van der Waals surface area contributed by atoms with Gasteiger partial charge in [0.15, 0.2) is 12.6 Å². The van der Waals surface area contributed by atoms with Gasteiger partial charge in [0.1, 0.15) is 42.7 Å². The first-order valence-corrected chi connectivity index (χ1v) is 20.4. The van der Waals surface area contributed by atoms with E-state index in [0.29, 0.717) is 18.8 Å². The van der Waals surface area contributed by atoms with E-state index >= 15 is 0 Å². The quantitative estimate of drug-likeness (QED) is 0.138. The smallest absolute Gasteiger partial charge is 0.310 e. The van der Waals surface area contributed by atoms with E-state index in [1.807, 2.05) is 0 Å². The van der Waals surface area contributed by atoms with Crippen LogP contribution in [0.2, 0.25) is 0 Å². The predicted octanol–water partition coefficient (Wildman–Crippen LogP) is 2.49. The molecule has 13 nitrogen and oxygen atoms in total. The van der Waals surface area contributed by atoms with Gasteiger partial charge < -0.3 is 59.8 Å². The highest BCUT2D eigenvalue weighted by atomic mass is 16.7. The summed E-state index contributed by atoms with van der Waals surface area (Å²) in [6, 6.07) is 0. The van der Waals surface area contributed by atoms with Crippen LogP contribution in [0.5, 0.6) is 0 Å². The van der Waals surface area contributed by atoms with Gasteiger partial charge in [-0.2, -0.15) is 0 Å². The average Bonchev–Trinajstić information content (AvgIpc) is 3.12. The number of aliphatic carboxylic acids is 1. The Labute approximate surface area is 319 Å². The Bertz CT molecular complexity index is 1450. The number of fused-ring (bicyclic) bond motifs is 7. The summed E-state index contributed by atoms with van der Waals surface area (Å²) >= 11 is 0. The van der Waals surface area contributed by atoms with E-state index in [0.717, 1.165) is 51.4 Å². The van der Waals surface area contributed by atoms with Gasteiger partial charge in [-0.25, -0.2) is 0 Å². The Hall–Kier alpha value is -1.23. The number of aliphatic hydroxyl groups excluding tert-OH is 7. The molecule has 0 aromatic carbocycles. The first kappa shape index (κ1) is 40.9. The molecule has 4 saturated carbocycles. The number of carbonyl (C=O) groups is 1. The zero-order chi connectivity index (χ0) is 39.4. The number of aliphatic hydroxyl groups is 7. The molecule has 6 fully saturated rings. The fourth-order valence-electron chi connectivity index (χ4n) is 13.4. The summed E-state index contributed by atoms with van der Waals surface area (Å²) in [4.78, 5) is 13.0. The molecule has 18 atom stereocenters. The second kappa shape index (κ2) is 14.0. The van der Waals surface area contributed by atoms with Crippen LogP contribution in [0.3, 0.4) is 0 Å². The summed E-state index contributed by atoms with van der Waals surface area (Å²) in [5, 5.41) is 84.5. The van der Waals surface area contributed by atoms with Crippen LogP contribution in [0.1, 0.15) is 106 Å². The predicted molar refractivity (Wildman–Crippen MR) is 193 cm³/mol. The first-order chi connectivity index (χ1) is 25.2. The summed E-state index contributed by atoms with van der Waals surface area (Å²) in [6.07, 6.45) is -2.86. The van der Waals surface area contributed by atoms with E-state index < -0.39 is 84.8 Å². The molecule has 6 unspecified atom stereocenters. The largest absolute Gasteiger partial charge is 0.481 e. The number of carboxylic acids is 1. The summed E-state index contributed by atoms with van der Waals surface area (Å²) in [5.41, 5.74) is -0.234. The molecule has 5 aliphatic carbocycles. The van der Waals surface area contributed by atoms with Crippen molar-refractivity contribution in [3.8, 4) is 0 Å². The molecule has 7 rings (SSSR count). The SMILES string of the molecule is CC1(C)CC[C@]2(C(=O)O)CC[C@]3(C)C(=CCC4C5(C)CC[C@H](O[C@@H]6OC[C@H](O[C@@H]7O[C@H](CO)[C@@H](O)[C@H](O)[C@H]7O)[C@H](O)[C@H]6O)C(C)(CO)C5CCC43C)C2C1. The van der Waals surface area contributed by atoms with Crippen molar-refractivity contribution in [3.05, 3.63) is 11.6 Å². The normalized spacial score (nSPS) is 54.3. The lowest BCUT2D eigenvalue weighted by atomic mass is 9.33. The number of hydrogen-bond acceptors (Lipinski definition) is 12. The fourth-order valence-corrected chi connectivity index (χ4v) is 13.4. The molecule has 13 heteroatoms. The average molecular weight is 767 g/mol. The molecule has 2 aliphatic heterocycles. The van der Waals surface area contributed by atoms with Crippen LogP contribution in [0, 0.1) is 50.2 Å². The summed E-state index contributed by atoms with van der Waals surface area (Å²) in [5.74, 6) is -0.194. The van der Waals surface area contributed by atoms with Gasteiger partial charge in [0.2, 0.25) is 0 Å². The fraction of sp³-hybridized carbons (Fsp3) is 0.927. The monoisotopic (exact) mass is 766 g/mol. The number of carboxylic acid groups (broad SMARTS) is 1. The Kier molecular flexibility index (Phi) is 10.6. The van der Waals surface area contributed by atoms with Crippen LogP contribution in [0.25, 0.3) is 0 Å². The van der Waals surface area contributed by atoms with Gasteiger partial charge in [-0.05, 0) is 104 Å². The van der Waals surface area contributed by atoms with Gasteiger partial charge in [0.25, 0.3) is 0 Å². The number of rotatable bonds is 7. The Morgan fingerprint density at radius 1 is 0.796 bits per heavy atom. The van der Waals surface area contributed by atoms with Gasteiger partial charge in [0, 0.05) is 5.41 Å². The van der Waals surface area contributed by atoms with Crippen LogP contribution in [-0.2, 0) is 23.7 Å². The topological polar surface area (TPSA) is 216 Å². The van der Waals surface area contributed by atoms with Crippen LogP contribution in [-0.4, -0.2) is 128 Å². The van der Waals surface area contributed by atoms with Crippen molar-refractivity contribution in [2.75, 3.05) is 19.8 Å². The maximum atomic E-state index is 13.0. The molecule has 2 heterocycles. The van der Waals surface area contributed by atoms with Crippen molar-refractivity contribution in [2.24, 2.45) is 50.2 Å². The minimum atomic E-state index is -1.68. The molecule has 0 aromatic rings. The maximum absolute atomic E-state index is 13.0. The highest BCUT2D eigenvalue weighted by Gasteiger charge is 2.70. The zero-order valence-electron chi connectivity index (χ0n) is 32.9. The minimum absolute atomic E-state index is 0.0344. The lowest BCUT2D eigenvalue weighted by Gasteiger charge is -2.71. The molecule has 308 valence electrons. The number of allylic oxidation sites excluding steroid dienone is 2. The maximum Gasteiger partial charge on any atom is 0.310 e. The van der Waals surface area contributed by atoms with Gasteiger partial charge in [0.05, 0.1) is 31.3 Å². The van der Waals surface area contributed by atoms with Crippen molar-refractivity contribution in [3.63, 3.8) is 0 Å². The summed E-state index contributed by atoms with van der Waals surface area (Å²) in [7, 11) is 0. The summed E-state index contributed by atoms with van der Waals surface area (Å²) < 4.78 is 23.6. The van der Waals surface area contributed by atoms with E-state index in [1.54, 1.807) is 0 Å². The molecular formula is C41H66O13. The molecule has 0 radical (unpaired) electrons. The lowest BCUT2D eigenvalue weighted by Crippen LogP contribution is -2.67. The molecule has 0 spiro atoms. The van der Waals surface area contributed by atoms with Gasteiger partial charge in [-0.15, -0.1) is 0 Å². The van der Waals surface area contributed by atoms with E-state index in [-0.39, 0.29) is 46.7 Å². The minimum Gasteiger partial charge on any atom is -0.481 e. The molecule has 7 aliphatic rings. The standard InChI is InChI=1S/C41H66O13/c1-36(2)13-15-41(35(49)50)16-14-39(5)21(22(41)17-36)7-8-26-37(3)11-10-27(38(4,20-43)25(37)9-12-40(26,39)6)54-33-31(47)29(45)24(19-51-33)53-34-32(48)30(46)28(44)23(18-42)52-34/h7,22-34,42-48H,8-20H2,1-6H3,(H,49,50)/t22?,23-,24+,25?,26?,27+,28-,29+,30+,31-,32-,33+,34+,37?,38?,39-,40?,41+/m1/s1. The Morgan fingerprint density at radius 2 is 1.48 bits per heavy atom. The molecule has 0 amide bonds. The van der Waals surface area contributed by atoms with Gasteiger partial charge in [-0.3, -0.25) is 4.79 Å². The van der Waals surface area contributed by atoms with E-state index in [2.05, 4.69) is 47.6 Å². The second-order valence-corrected chi connectivity index (χ2v) is 20.1. The zero-order valence-corrected chi connectivity index (χ0v) is 32.9. The van der Waals surface area contributed by atoms with Crippen molar-refractivity contribution >= 4 is 5.97 Å². The third kappa shape index (κ3) is 5.92. The van der Waals surface area contributed by atoms with Crippen molar-refractivity contribution in [1.29, 1.82) is 0 Å². The Balaban J connectivity index is 1.08. The Morgan fingerprint density at radius 3 is 2.15 bits per heavy atom.